The van der Waals surface area contributed by atoms with Crippen molar-refractivity contribution >= 4 is 16.7 Å². The van der Waals surface area contributed by atoms with E-state index >= 15 is 0 Å². The lowest BCUT2D eigenvalue weighted by atomic mass is 10.0. The van der Waals surface area contributed by atoms with Gasteiger partial charge >= 0.3 is 0 Å². The fraction of sp³-hybridized carbons (Fsp3) is 0.353. The van der Waals surface area contributed by atoms with E-state index in [1.54, 1.807) is 0 Å². The summed E-state index contributed by atoms with van der Waals surface area (Å²) in [6, 6.07) is 14.8. The van der Waals surface area contributed by atoms with Gasteiger partial charge in [-0.1, -0.05) is 42.5 Å². The van der Waals surface area contributed by atoms with Crippen LogP contribution in [0.25, 0.3) is 10.8 Å². The van der Waals surface area contributed by atoms with E-state index < -0.39 is 0 Å². The van der Waals surface area contributed by atoms with Crippen LogP contribution in [0.4, 0.5) is 0 Å². The Labute approximate surface area is 113 Å². The summed E-state index contributed by atoms with van der Waals surface area (Å²) < 4.78 is 0. The van der Waals surface area contributed by atoms with Gasteiger partial charge in [0, 0.05) is 6.04 Å². The third-order valence-electron chi connectivity index (χ3n) is 3.90. The van der Waals surface area contributed by atoms with Crippen LogP contribution in [0.3, 0.4) is 0 Å². The Hall–Kier alpha value is -1.83. The zero-order valence-corrected chi connectivity index (χ0v) is 11.2. The summed E-state index contributed by atoms with van der Waals surface area (Å²) in [5.41, 5.74) is 1.08. The highest BCUT2D eigenvalue weighted by atomic mass is 16.1. The van der Waals surface area contributed by atoms with Gasteiger partial charge in [0.05, 0.1) is 6.42 Å². The molecular weight excluding hydrogens is 234 g/mol. The second-order valence-electron chi connectivity index (χ2n) is 5.55. The number of hydrogen-bond donors (Lipinski definition) is 1. The number of nitrogens with one attached hydrogen (secondary N) is 1. The largest absolute Gasteiger partial charge is 0.353 e. The van der Waals surface area contributed by atoms with Crippen molar-refractivity contribution in [3.63, 3.8) is 0 Å². The van der Waals surface area contributed by atoms with E-state index in [1.165, 1.54) is 23.6 Å². The van der Waals surface area contributed by atoms with Crippen molar-refractivity contribution in [2.24, 2.45) is 5.92 Å². The van der Waals surface area contributed by atoms with E-state index in [1.807, 2.05) is 18.2 Å². The second-order valence-corrected chi connectivity index (χ2v) is 5.55. The van der Waals surface area contributed by atoms with Crippen molar-refractivity contribution in [1.82, 2.24) is 5.32 Å². The van der Waals surface area contributed by atoms with E-state index in [9.17, 15) is 4.79 Å². The van der Waals surface area contributed by atoms with Crippen molar-refractivity contribution in [1.29, 1.82) is 0 Å². The fourth-order valence-corrected chi connectivity index (χ4v) is 2.55. The molecule has 0 spiro atoms. The van der Waals surface area contributed by atoms with Gasteiger partial charge in [-0.15, -0.1) is 0 Å². The molecule has 0 saturated heterocycles. The first-order valence-corrected chi connectivity index (χ1v) is 6.99. The normalized spacial score (nSPS) is 16.3. The number of rotatable bonds is 4. The van der Waals surface area contributed by atoms with Gasteiger partial charge in [-0.25, -0.2) is 0 Å². The maximum atomic E-state index is 12.0. The van der Waals surface area contributed by atoms with E-state index in [0.29, 0.717) is 18.4 Å². The molecule has 1 unspecified atom stereocenters. The molecule has 2 aromatic carbocycles. The average molecular weight is 253 g/mol. The van der Waals surface area contributed by atoms with Gasteiger partial charge in [-0.2, -0.15) is 0 Å². The summed E-state index contributed by atoms with van der Waals surface area (Å²) >= 11 is 0. The quantitative estimate of drug-likeness (QED) is 0.890. The monoisotopic (exact) mass is 253 g/mol. The van der Waals surface area contributed by atoms with Crippen molar-refractivity contribution in [2.45, 2.75) is 32.2 Å². The van der Waals surface area contributed by atoms with Crippen molar-refractivity contribution < 1.29 is 4.79 Å². The van der Waals surface area contributed by atoms with E-state index in [2.05, 4.69) is 36.5 Å². The standard InChI is InChI=1S/C17H19NO/c1-12(14-8-9-14)18-17(19)11-13-6-7-15-4-2-3-5-16(15)10-13/h2-7,10,12,14H,8-9,11H2,1H3,(H,18,19). The minimum atomic E-state index is 0.134. The first-order chi connectivity index (χ1) is 9.22. The Balaban J connectivity index is 1.68. The lowest BCUT2D eigenvalue weighted by Gasteiger charge is -2.12. The van der Waals surface area contributed by atoms with Crippen molar-refractivity contribution in [3.8, 4) is 0 Å². The molecule has 0 aromatic heterocycles. The molecule has 19 heavy (non-hydrogen) atoms. The van der Waals surface area contributed by atoms with E-state index in [0.717, 1.165) is 5.56 Å². The maximum Gasteiger partial charge on any atom is 0.224 e. The van der Waals surface area contributed by atoms with Gasteiger partial charge < -0.3 is 5.32 Å². The summed E-state index contributed by atoms with van der Waals surface area (Å²) in [4.78, 5) is 12.0. The minimum Gasteiger partial charge on any atom is -0.353 e. The van der Waals surface area contributed by atoms with Gasteiger partial charge in [-0.05, 0) is 42.0 Å². The molecule has 1 aliphatic rings. The number of benzene rings is 2. The zero-order valence-electron chi connectivity index (χ0n) is 11.2. The van der Waals surface area contributed by atoms with E-state index in [-0.39, 0.29) is 5.91 Å². The lowest BCUT2D eigenvalue weighted by Crippen LogP contribution is -2.35. The van der Waals surface area contributed by atoms with E-state index in [4.69, 9.17) is 0 Å². The number of fused-ring (bicyclic) bond motifs is 1. The molecule has 1 atom stereocenters. The molecule has 2 heteroatoms. The highest BCUT2D eigenvalue weighted by Gasteiger charge is 2.28. The molecule has 98 valence electrons. The molecule has 2 aromatic rings. The number of amides is 1. The summed E-state index contributed by atoms with van der Waals surface area (Å²) in [6.07, 6.45) is 3.00. The molecule has 2 nitrogen and oxygen atoms in total. The Bertz CT molecular complexity index is 601. The highest BCUT2D eigenvalue weighted by Crippen LogP contribution is 2.32. The molecule has 1 aliphatic carbocycles. The predicted molar refractivity (Wildman–Crippen MR) is 78.0 cm³/mol. The van der Waals surface area contributed by atoms with Crippen LogP contribution >= 0.6 is 0 Å². The van der Waals surface area contributed by atoms with Crippen LogP contribution < -0.4 is 5.32 Å². The smallest absolute Gasteiger partial charge is 0.224 e. The molecule has 0 bridgehead atoms. The molecule has 1 fully saturated rings. The summed E-state index contributed by atoms with van der Waals surface area (Å²) in [6.45, 7) is 2.11. The Morgan fingerprint density at radius 2 is 1.95 bits per heavy atom. The zero-order chi connectivity index (χ0) is 13.2. The predicted octanol–water partition coefficient (Wildman–Crippen LogP) is 3.30. The van der Waals surface area contributed by atoms with Gasteiger partial charge in [0.1, 0.15) is 0 Å². The van der Waals surface area contributed by atoms with Crippen molar-refractivity contribution in [2.75, 3.05) is 0 Å². The Morgan fingerprint density at radius 1 is 1.21 bits per heavy atom. The van der Waals surface area contributed by atoms with Crippen LogP contribution in [0.15, 0.2) is 42.5 Å². The topological polar surface area (TPSA) is 29.1 Å². The summed E-state index contributed by atoms with van der Waals surface area (Å²) in [5.74, 6) is 0.843. The van der Waals surface area contributed by atoms with Crippen LogP contribution in [0.2, 0.25) is 0 Å². The number of carbonyl (C=O) groups excluding carboxylic acids is 1. The van der Waals surface area contributed by atoms with Gasteiger partial charge in [0.15, 0.2) is 0 Å². The number of carbonyl (C=O) groups is 1. The molecule has 1 saturated carbocycles. The van der Waals surface area contributed by atoms with Gasteiger partial charge in [0.25, 0.3) is 0 Å². The molecular formula is C17H19NO. The second kappa shape index (κ2) is 5.04. The van der Waals surface area contributed by atoms with Crippen LogP contribution in [0.5, 0.6) is 0 Å². The maximum absolute atomic E-state index is 12.0. The lowest BCUT2D eigenvalue weighted by molar-refractivity contribution is -0.121. The SMILES string of the molecule is CC(NC(=O)Cc1ccc2ccccc2c1)C1CC1. The third kappa shape index (κ3) is 2.95. The average Bonchev–Trinajstić information content (AvgIpc) is 3.22. The molecule has 0 radical (unpaired) electrons. The Morgan fingerprint density at radius 3 is 2.68 bits per heavy atom. The molecule has 3 rings (SSSR count). The fourth-order valence-electron chi connectivity index (χ4n) is 2.55. The van der Waals surface area contributed by atoms with Gasteiger partial charge in [-0.3, -0.25) is 4.79 Å². The minimum absolute atomic E-state index is 0.134. The summed E-state index contributed by atoms with van der Waals surface area (Å²) in [5, 5.41) is 5.52. The van der Waals surface area contributed by atoms with Crippen LogP contribution in [0, 0.1) is 5.92 Å². The first kappa shape index (κ1) is 12.2. The van der Waals surface area contributed by atoms with Crippen LogP contribution in [-0.4, -0.2) is 11.9 Å². The Kier molecular flexibility index (Phi) is 3.24. The molecule has 0 heterocycles. The van der Waals surface area contributed by atoms with Gasteiger partial charge in [0.2, 0.25) is 5.91 Å². The third-order valence-corrected chi connectivity index (χ3v) is 3.90. The summed E-state index contributed by atoms with van der Waals surface area (Å²) in [7, 11) is 0. The van der Waals surface area contributed by atoms with Crippen LogP contribution in [0.1, 0.15) is 25.3 Å². The number of hydrogen-bond acceptors (Lipinski definition) is 1. The molecule has 1 N–H and O–H groups in total. The van der Waals surface area contributed by atoms with Crippen molar-refractivity contribution in [3.05, 3.63) is 48.0 Å². The first-order valence-electron chi connectivity index (χ1n) is 6.99. The molecule has 1 amide bonds. The van der Waals surface area contributed by atoms with Crippen LogP contribution in [-0.2, 0) is 11.2 Å². The molecule has 0 aliphatic heterocycles. The highest BCUT2D eigenvalue weighted by molar-refractivity contribution is 5.85.